The Hall–Kier alpha value is -0.380. The van der Waals surface area contributed by atoms with Crippen LogP contribution in [0.5, 0.6) is 0 Å². The first-order valence-corrected chi connectivity index (χ1v) is 8.12. The second-order valence-electron chi connectivity index (χ2n) is 5.74. The van der Waals surface area contributed by atoms with Crippen LogP contribution in [0.2, 0.25) is 0 Å². The van der Waals surface area contributed by atoms with Crippen LogP contribution in [0.15, 0.2) is 22.7 Å². The van der Waals surface area contributed by atoms with E-state index in [1.54, 1.807) is 0 Å². The van der Waals surface area contributed by atoms with Crippen molar-refractivity contribution < 1.29 is 0 Å². The maximum atomic E-state index is 5.97. The minimum absolute atomic E-state index is 0.554. The summed E-state index contributed by atoms with van der Waals surface area (Å²) >= 11 is 3.62. The number of hydrogen-bond donors (Lipinski definition) is 1. The van der Waals surface area contributed by atoms with Crippen molar-refractivity contribution in [3.8, 4) is 0 Å². The molecule has 2 nitrogen and oxygen atoms in total. The molecule has 106 valence electrons. The highest BCUT2D eigenvalue weighted by atomic mass is 79.9. The average Bonchev–Trinajstić information content (AvgIpc) is 2.43. The van der Waals surface area contributed by atoms with Crippen LogP contribution >= 0.6 is 15.9 Å². The highest BCUT2D eigenvalue weighted by Gasteiger charge is 2.26. The van der Waals surface area contributed by atoms with Crippen LogP contribution in [0.25, 0.3) is 0 Å². The van der Waals surface area contributed by atoms with Gasteiger partial charge < -0.3 is 5.73 Å². The van der Waals surface area contributed by atoms with E-state index in [1.165, 1.54) is 41.4 Å². The summed E-state index contributed by atoms with van der Waals surface area (Å²) in [6, 6.07) is 7.23. The van der Waals surface area contributed by atoms with Gasteiger partial charge in [-0.05, 0) is 49.4 Å². The molecule has 19 heavy (non-hydrogen) atoms. The molecule has 2 rings (SSSR count). The van der Waals surface area contributed by atoms with E-state index in [0.29, 0.717) is 6.04 Å². The minimum Gasteiger partial charge on any atom is -0.329 e. The molecule has 0 amide bonds. The summed E-state index contributed by atoms with van der Waals surface area (Å²) < 4.78 is 1.21. The minimum atomic E-state index is 0.554. The maximum Gasteiger partial charge on any atom is 0.0237 e. The second-order valence-corrected chi connectivity index (χ2v) is 6.60. The van der Waals surface area contributed by atoms with E-state index in [-0.39, 0.29) is 0 Å². The Morgan fingerprint density at radius 3 is 2.84 bits per heavy atom. The number of piperidine rings is 1. The topological polar surface area (TPSA) is 29.3 Å². The van der Waals surface area contributed by atoms with Gasteiger partial charge in [-0.3, -0.25) is 4.90 Å². The van der Waals surface area contributed by atoms with Gasteiger partial charge in [-0.15, -0.1) is 0 Å². The van der Waals surface area contributed by atoms with Crippen molar-refractivity contribution in [2.45, 2.75) is 45.7 Å². The molecule has 2 unspecified atom stereocenters. The van der Waals surface area contributed by atoms with Gasteiger partial charge in [0, 0.05) is 23.6 Å². The lowest BCUT2D eigenvalue weighted by molar-refractivity contribution is 0.107. The van der Waals surface area contributed by atoms with Crippen molar-refractivity contribution in [3.05, 3.63) is 33.8 Å². The first-order chi connectivity index (χ1) is 9.13. The molecule has 0 saturated carbocycles. The summed E-state index contributed by atoms with van der Waals surface area (Å²) in [5.41, 5.74) is 8.64. The molecule has 1 saturated heterocycles. The Morgan fingerprint density at radius 1 is 1.42 bits per heavy atom. The molecular weight excluding hydrogens is 300 g/mol. The standard InChI is InChI=1S/C16H25BrN2/c1-3-13-6-7-19(15(8-13)10-18)11-14-5-4-12(2)16(17)9-14/h4-5,9,13,15H,3,6-8,10-11,18H2,1-2H3. The van der Waals surface area contributed by atoms with Gasteiger partial charge in [0.25, 0.3) is 0 Å². The molecule has 2 atom stereocenters. The Bertz CT molecular complexity index is 419. The van der Waals surface area contributed by atoms with E-state index in [2.05, 4.69) is 52.9 Å². The Kier molecular flexibility index (Phi) is 5.43. The zero-order chi connectivity index (χ0) is 13.8. The van der Waals surface area contributed by atoms with Crippen molar-refractivity contribution in [1.29, 1.82) is 0 Å². The third kappa shape index (κ3) is 3.80. The van der Waals surface area contributed by atoms with Crippen LogP contribution in [0, 0.1) is 12.8 Å². The quantitative estimate of drug-likeness (QED) is 0.914. The van der Waals surface area contributed by atoms with Crippen LogP contribution in [0.1, 0.15) is 37.3 Å². The lowest BCUT2D eigenvalue weighted by Crippen LogP contribution is -2.46. The number of rotatable bonds is 4. The Labute approximate surface area is 125 Å². The van der Waals surface area contributed by atoms with Crippen LogP contribution in [-0.4, -0.2) is 24.0 Å². The molecule has 0 aromatic heterocycles. The molecule has 1 aliphatic heterocycles. The maximum absolute atomic E-state index is 5.97. The summed E-state index contributed by atoms with van der Waals surface area (Å²) in [7, 11) is 0. The molecule has 2 N–H and O–H groups in total. The summed E-state index contributed by atoms with van der Waals surface area (Å²) in [5.74, 6) is 0.870. The van der Waals surface area contributed by atoms with Gasteiger partial charge in [0.1, 0.15) is 0 Å². The average molecular weight is 325 g/mol. The second kappa shape index (κ2) is 6.87. The van der Waals surface area contributed by atoms with E-state index in [0.717, 1.165) is 19.0 Å². The zero-order valence-electron chi connectivity index (χ0n) is 12.0. The number of nitrogens with two attached hydrogens (primary N) is 1. The van der Waals surface area contributed by atoms with E-state index < -0.39 is 0 Å². The molecule has 3 heteroatoms. The molecule has 1 aromatic rings. The molecule has 0 radical (unpaired) electrons. The fourth-order valence-electron chi connectivity index (χ4n) is 2.98. The van der Waals surface area contributed by atoms with Crippen molar-refractivity contribution in [2.75, 3.05) is 13.1 Å². The molecule has 0 bridgehead atoms. The predicted octanol–water partition coefficient (Wildman–Crippen LogP) is 3.71. The van der Waals surface area contributed by atoms with Crippen LogP contribution in [-0.2, 0) is 6.54 Å². The van der Waals surface area contributed by atoms with E-state index >= 15 is 0 Å². The molecule has 1 aromatic carbocycles. The highest BCUT2D eigenvalue weighted by Crippen LogP contribution is 2.27. The Balaban J connectivity index is 2.03. The fourth-order valence-corrected chi connectivity index (χ4v) is 3.40. The van der Waals surface area contributed by atoms with Gasteiger partial charge >= 0.3 is 0 Å². The molecule has 1 aliphatic rings. The van der Waals surface area contributed by atoms with Crippen molar-refractivity contribution in [3.63, 3.8) is 0 Å². The molecular formula is C16H25BrN2. The smallest absolute Gasteiger partial charge is 0.0237 e. The number of aryl methyl sites for hydroxylation is 1. The van der Waals surface area contributed by atoms with Gasteiger partial charge in [-0.2, -0.15) is 0 Å². The van der Waals surface area contributed by atoms with Gasteiger partial charge in [0.15, 0.2) is 0 Å². The van der Waals surface area contributed by atoms with Gasteiger partial charge in [-0.25, -0.2) is 0 Å². The molecule has 1 heterocycles. The molecule has 1 fully saturated rings. The zero-order valence-corrected chi connectivity index (χ0v) is 13.6. The fraction of sp³-hybridized carbons (Fsp3) is 0.625. The molecule has 0 spiro atoms. The lowest BCUT2D eigenvalue weighted by atomic mass is 9.88. The first kappa shape index (κ1) is 15.0. The van der Waals surface area contributed by atoms with E-state index in [1.807, 2.05) is 0 Å². The van der Waals surface area contributed by atoms with E-state index in [9.17, 15) is 0 Å². The Morgan fingerprint density at radius 2 is 2.21 bits per heavy atom. The summed E-state index contributed by atoms with van der Waals surface area (Å²) in [4.78, 5) is 2.56. The summed E-state index contributed by atoms with van der Waals surface area (Å²) in [6.45, 7) is 7.42. The highest BCUT2D eigenvalue weighted by molar-refractivity contribution is 9.10. The normalized spacial score (nSPS) is 24.6. The monoisotopic (exact) mass is 324 g/mol. The SMILES string of the molecule is CCC1CCN(Cc2ccc(C)c(Br)c2)C(CN)C1. The summed E-state index contributed by atoms with van der Waals surface area (Å²) in [5, 5.41) is 0. The van der Waals surface area contributed by atoms with Gasteiger partial charge in [0.05, 0.1) is 0 Å². The lowest BCUT2D eigenvalue weighted by Gasteiger charge is -2.39. The number of halogens is 1. The van der Waals surface area contributed by atoms with Gasteiger partial charge in [0.2, 0.25) is 0 Å². The van der Waals surface area contributed by atoms with Crippen LogP contribution in [0.3, 0.4) is 0 Å². The number of hydrogen-bond acceptors (Lipinski definition) is 2. The van der Waals surface area contributed by atoms with Gasteiger partial charge in [-0.1, -0.05) is 41.4 Å². The van der Waals surface area contributed by atoms with E-state index in [4.69, 9.17) is 5.73 Å². The predicted molar refractivity (Wildman–Crippen MR) is 85.1 cm³/mol. The van der Waals surface area contributed by atoms with Crippen LogP contribution in [0.4, 0.5) is 0 Å². The van der Waals surface area contributed by atoms with Crippen LogP contribution < -0.4 is 5.73 Å². The summed E-state index contributed by atoms with van der Waals surface area (Å²) in [6.07, 6.45) is 3.88. The van der Waals surface area contributed by atoms with Crippen molar-refractivity contribution >= 4 is 15.9 Å². The largest absolute Gasteiger partial charge is 0.329 e. The number of benzene rings is 1. The first-order valence-electron chi connectivity index (χ1n) is 7.33. The third-order valence-electron chi connectivity index (χ3n) is 4.42. The number of likely N-dealkylation sites (tertiary alicyclic amines) is 1. The molecule has 0 aliphatic carbocycles. The third-order valence-corrected chi connectivity index (χ3v) is 5.27. The number of nitrogens with zero attached hydrogens (tertiary/aromatic N) is 1. The van der Waals surface area contributed by atoms with Crippen molar-refractivity contribution in [2.24, 2.45) is 11.7 Å². The van der Waals surface area contributed by atoms with Crippen molar-refractivity contribution in [1.82, 2.24) is 4.90 Å².